The first-order valence-corrected chi connectivity index (χ1v) is 11.2. The number of carbonyl (C=O) groups is 1. The van der Waals surface area contributed by atoms with E-state index in [1.165, 1.54) is 6.20 Å². The summed E-state index contributed by atoms with van der Waals surface area (Å²) in [7, 11) is 0. The highest BCUT2D eigenvalue weighted by Gasteiger charge is 2.24. The van der Waals surface area contributed by atoms with Crippen molar-refractivity contribution in [2.45, 2.75) is 25.9 Å². The number of anilines is 3. The molecule has 5 rings (SSSR count). The number of nitrogens with two attached hydrogens (primary N) is 1. The topological polar surface area (TPSA) is 132 Å². The van der Waals surface area contributed by atoms with Gasteiger partial charge in [0, 0.05) is 54.4 Å². The zero-order valence-electron chi connectivity index (χ0n) is 18.7. The lowest BCUT2D eigenvalue weighted by molar-refractivity contribution is 0.0931. The van der Waals surface area contributed by atoms with Crippen LogP contribution in [0.15, 0.2) is 24.5 Å². The van der Waals surface area contributed by atoms with Crippen LogP contribution in [0.4, 0.5) is 26.4 Å². The Kier molecular flexibility index (Phi) is 5.93. The van der Waals surface area contributed by atoms with Gasteiger partial charge in [-0.05, 0) is 36.4 Å². The SMILES string of the molecule is Cc1c(-c2cc3cc(NC(=O)O[C@H]4CCOC4)ncc3c(N)c2F)cnc2c1NC[C@H](CO)C2. The molecule has 3 aromatic rings. The third kappa shape index (κ3) is 4.10. The molecular weight excluding hydrogens is 441 g/mol. The summed E-state index contributed by atoms with van der Waals surface area (Å²) in [5, 5.41) is 16.4. The second-order valence-electron chi connectivity index (χ2n) is 8.71. The second-order valence-corrected chi connectivity index (χ2v) is 8.71. The molecule has 0 bridgehead atoms. The number of amides is 1. The van der Waals surface area contributed by atoms with Crippen LogP contribution in [0.1, 0.15) is 17.7 Å². The number of ether oxygens (including phenoxy) is 2. The van der Waals surface area contributed by atoms with Gasteiger partial charge in [0.1, 0.15) is 11.9 Å². The first kappa shape index (κ1) is 22.3. The van der Waals surface area contributed by atoms with Gasteiger partial charge in [-0.2, -0.15) is 0 Å². The molecule has 2 aliphatic rings. The molecule has 178 valence electrons. The van der Waals surface area contributed by atoms with E-state index in [2.05, 4.69) is 20.6 Å². The molecule has 4 heterocycles. The molecule has 2 atom stereocenters. The molecule has 0 aliphatic carbocycles. The van der Waals surface area contributed by atoms with Crippen molar-refractivity contribution in [3.05, 3.63) is 41.6 Å². The molecule has 5 N–H and O–H groups in total. The summed E-state index contributed by atoms with van der Waals surface area (Å²) in [6.45, 7) is 3.55. The first-order chi connectivity index (χ1) is 16.4. The van der Waals surface area contributed by atoms with E-state index in [0.29, 0.717) is 54.5 Å². The molecule has 2 aromatic heterocycles. The van der Waals surface area contributed by atoms with Gasteiger partial charge in [0.25, 0.3) is 0 Å². The average Bonchev–Trinajstić information content (AvgIpc) is 3.34. The van der Waals surface area contributed by atoms with Gasteiger partial charge in [-0.15, -0.1) is 0 Å². The highest BCUT2D eigenvalue weighted by atomic mass is 19.1. The maximum absolute atomic E-state index is 15.3. The Balaban J connectivity index is 1.48. The van der Waals surface area contributed by atoms with E-state index in [1.807, 2.05) is 6.92 Å². The number of nitrogens with zero attached hydrogens (tertiary/aromatic N) is 2. The second kappa shape index (κ2) is 9.03. The molecule has 2 aliphatic heterocycles. The third-order valence-electron chi connectivity index (χ3n) is 6.41. The van der Waals surface area contributed by atoms with Crippen molar-refractivity contribution in [3.8, 4) is 11.1 Å². The molecule has 1 fully saturated rings. The van der Waals surface area contributed by atoms with Crippen molar-refractivity contribution in [3.63, 3.8) is 0 Å². The highest BCUT2D eigenvalue weighted by Crippen LogP contribution is 2.38. The largest absolute Gasteiger partial charge is 0.443 e. The van der Waals surface area contributed by atoms with E-state index in [4.69, 9.17) is 15.2 Å². The Morgan fingerprint density at radius 1 is 1.35 bits per heavy atom. The van der Waals surface area contributed by atoms with E-state index in [9.17, 15) is 9.90 Å². The van der Waals surface area contributed by atoms with Gasteiger partial charge in [0.15, 0.2) is 5.82 Å². The number of pyridine rings is 2. The number of benzene rings is 1. The normalized spacial score (nSPS) is 19.5. The van der Waals surface area contributed by atoms with Crippen molar-refractivity contribution in [2.75, 3.05) is 42.7 Å². The maximum atomic E-state index is 15.3. The quantitative estimate of drug-likeness (QED) is 0.430. The third-order valence-corrected chi connectivity index (χ3v) is 6.41. The molecule has 0 unspecified atom stereocenters. The molecule has 1 amide bonds. The first-order valence-electron chi connectivity index (χ1n) is 11.2. The minimum absolute atomic E-state index is 0.0253. The number of hydrogen-bond donors (Lipinski definition) is 4. The zero-order chi connectivity index (χ0) is 23.8. The predicted octanol–water partition coefficient (Wildman–Crippen LogP) is 3.24. The van der Waals surface area contributed by atoms with Crippen LogP contribution in [0.5, 0.6) is 0 Å². The fourth-order valence-corrected chi connectivity index (χ4v) is 4.49. The smallest absolute Gasteiger partial charge is 0.413 e. The van der Waals surface area contributed by atoms with Gasteiger partial charge < -0.3 is 25.6 Å². The number of aliphatic hydroxyl groups excluding tert-OH is 1. The van der Waals surface area contributed by atoms with E-state index in [0.717, 1.165) is 16.9 Å². The molecule has 1 saturated heterocycles. The molecule has 10 heteroatoms. The van der Waals surface area contributed by atoms with Crippen LogP contribution in [0, 0.1) is 18.7 Å². The monoisotopic (exact) mass is 467 g/mol. The Morgan fingerprint density at radius 3 is 2.97 bits per heavy atom. The maximum Gasteiger partial charge on any atom is 0.413 e. The molecule has 0 spiro atoms. The minimum Gasteiger partial charge on any atom is -0.443 e. The number of halogens is 1. The molecule has 0 saturated carbocycles. The molecule has 34 heavy (non-hydrogen) atoms. The summed E-state index contributed by atoms with van der Waals surface area (Å²) in [5.74, 6) is -0.181. The van der Waals surface area contributed by atoms with Gasteiger partial charge in [-0.3, -0.25) is 10.3 Å². The number of fused-ring (bicyclic) bond motifs is 2. The van der Waals surface area contributed by atoms with Gasteiger partial charge in [-0.25, -0.2) is 14.2 Å². The van der Waals surface area contributed by atoms with Crippen LogP contribution in [0.25, 0.3) is 21.9 Å². The number of rotatable bonds is 4. The molecule has 1 aromatic carbocycles. The summed E-state index contributed by atoms with van der Waals surface area (Å²) >= 11 is 0. The fourth-order valence-electron chi connectivity index (χ4n) is 4.49. The average molecular weight is 468 g/mol. The van der Waals surface area contributed by atoms with Crippen molar-refractivity contribution >= 4 is 34.1 Å². The van der Waals surface area contributed by atoms with Gasteiger partial charge >= 0.3 is 6.09 Å². The molecule has 0 radical (unpaired) electrons. The van der Waals surface area contributed by atoms with Crippen LogP contribution in [0.3, 0.4) is 0 Å². The van der Waals surface area contributed by atoms with Gasteiger partial charge in [0.2, 0.25) is 0 Å². The number of nitrogen functional groups attached to an aromatic ring is 1. The number of hydrogen-bond acceptors (Lipinski definition) is 8. The van der Waals surface area contributed by atoms with Crippen LogP contribution in [-0.2, 0) is 15.9 Å². The van der Waals surface area contributed by atoms with Crippen molar-refractivity contribution in [1.29, 1.82) is 0 Å². The van der Waals surface area contributed by atoms with E-state index >= 15 is 4.39 Å². The van der Waals surface area contributed by atoms with Crippen molar-refractivity contribution in [2.24, 2.45) is 5.92 Å². The highest BCUT2D eigenvalue weighted by molar-refractivity contribution is 5.99. The van der Waals surface area contributed by atoms with Crippen LogP contribution < -0.4 is 16.4 Å². The lowest BCUT2D eigenvalue weighted by Crippen LogP contribution is -2.27. The van der Waals surface area contributed by atoms with Crippen molar-refractivity contribution < 1.29 is 23.8 Å². The zero-order valence-corrected chi connectivity index (χ0v) is 18.7. The molecule has 9 nitrogen and oxygen atoms in total. The van der Waals surface area contributed by atoms with Gasteiger partial charge in [0.05, 0.1) is 30.3 Å². The Bertz CT molecular complexity index is 1260. The summed E-state index contributed by atoms with van der Waals surface area (Å²) < 4.78 is 25.9. The van der Waals surface area contributed by atoms with Crippen LogP contribution in [0.2, 0.25) is 0 Å². The summed E-state index contributed by atoms with van der Waals surface area (Å²) in [6.07, 6.45) is 3.48. The number of nitrogens with one attached hydrogen (secondary N) is 2. The summed E-state index contributed by atoms with van der Waals surface area (Å²) in [4.78, 5) is 20.9. The summed E-state index contributed by atoms with van der Waals surface area (Å²) in [6, 6.07) is 3.31. The van der Waals surface area contributed by atoms with E-state index < -0.39 is 11.9 Å². The Labute approximate surface area is 195 Å². The Morgan fingerprint density at radius 2 is 2.21 bits per heavy atom. The number of carbonyl (C=O) groups excluding carboxylic acids is 1. The van der Waals surface area contributed by atoms with E-state index in [1.54, 1.807) is 18.3 Å². The fraction of sp³-hybridized carbons (Fsp3) is 0.375. The lowest BCUT2D eigenvalue weighted by atomic mass is 9.92. The van der Waals surface area contributed by atoms with E-state index in [-0.39, 0.29) is 30.1 Å². The Hall–Kier alpha value is -3.50. The van der Waals surface area contributed by atoms with Crippen LogP contribution in [-0.4, -0.2) is 53.6 Å². The van der Waals surface area contributed by atoms with Crippen molar-refractivity contribution in [1.82, 2.24) is 9.97 Å². The molecular formula is C24H26FN5O4. The number of aromatic nitrogens is 2. The minimum atomic E-state index is -0.625. The predicted molar refractivity (Wildman–Crippen MR) is 126 cm³/mol. The van der Waals surface area contributed by atoms with Gasteiger partial charge in [-0.1, -0.05) is 0 Å². The number of aliphatic hydroxyl groups is 1. The summed E-state index contributed by atoms with van der Waals surface area (Å²) in [5.41, 5.74) is 9.60. The standard InChI is InChI=1S/C24H26FN5O4/c1-12-17(8-27-19-4-13(10-31)7-29-23(12)19)16-5-14-6-20(28-9-18(14)22(26)21(16)25)30-24(32)34-15-2-3-33-11-15/h5-6,8-9,13,15,29,31H,2-4,7,10-11,26H2,1H3,(H,28,30,32)/t13-,15+/m1/s1. The lowest BCUT2D eigenvalue weighted by Gasteiger charge is -2.26. The van der Waals surface area contributed by atoms with Crippen LogP contribution >= 0.6 is 0 Å².